The van der Waals surface area contributed by atoms with Gasteiger partial charge in [-0.1, -0.05) is 17.7 Å². The third-order valence-electron chi connectivity index (χ3n) is 3.01. The van der Waals surface area contributed by atoms with E-state index in [0.29, 0.717) is 0 Å². The van der Waals surface area contributed by atoms with Gasteiger partial charge >= 0.3 is 11.9 Å². The van der Waals surface area contributed by atoms with Gasteiger partial charge in [0, 0.05) is 0 Å². The van der Waals surface area contributed by atoms with Crippen LogP contribution in [-0.2, 0) is 20.9 Å². The molecule has 1 heterocycles. The second kappa shape index (κ2) is 6.77. The van der Waals surface area contributed by atoms with Crippen LogP contribution in [0, 0.1) is 6.92 Å². The van der Waals surface area contributed by atoms with E-state index in [9.17, 15) is 18.0 Å². The molecule has 1 aromatic heterocycles. The number of pyridine rings is 1. The van der Waals surface area contributed by atoms with Crippen molar-refractivity contribution in [1.29, 1.82) is 0 Å². The Kier molecular flexibility index (Phi) is 4.96. The number of carbonyl (C=O) groups is 2. The van der Waals surface area contributed by atoms with E-state index in [1.807, 2.05) is 0 Å². The highest BCUT2D eigenvalue weighted by Crippen LogP contribution is 2.16. The van der Waals surface area contributed by atoms with Crippen molar-refractivity contribution in [1.82, 2.24) is 4.98 Å². The predicted octanol–water partition coefficient (Wildman–Crippen LogP) is 1.69. The lowest BCUT2D eigenvalue weighted by molar-refractivity contribution is 0.0684. The van der Waals surface area contributed by atoms with Gasteiger partial charge in [-0.2, -0.15) is 8.42 Å². The molecule has 0 aliphatic rings. The molecule has 0 fully saturated rings. The topological polar surface area (TPSA) is 131 Å². The summed E-state index contributed by atoms with van der Waals surface area (Å²) < 4.78 is 29.0. The molecule has 1 aromatic carbocycles. The van der Waals surface area contributed by atoms with E-state index < -0.39 is 40.1 Å². The van der Waals surface area contributed by atoms with Crippen molar-refractivity contribution in [3.05, 3.63) is 58.9 Å². The Morgan fingerprint density at radius 2 is 1.54 bits per heavy atom. The molecule has 2 rings (SSSR count). The molecule has 2 N–H and O–H groups in total. The van der Waals surface area contributed by atoms with Crippen LogP contribution in [0.1, 0.15) is 32.1 Å². The summed E-state index contributed by atoms with van der Waals surface area (Å²) in [6, 6.07) is 8.07. The standard InChI is InChI=1S/C15H13NO7S/c1-9-2-4-11(5-3-9)24(21,22)23-8-10-6-12(14(17)18)16-13(7-10)15(19)20/h2-7H,8H2,1H3,(H,17,18)(H,19,20). The molecule has 0 unspecified atom stereocenters. The Balaban J connectivity index is 2.26. The maximum absolute atomic E-state index is 12.1. The van der Waals surface area contributed by atoms with Crippen LogP contribution in [0.2, 0.25) is 0 Å². The van der Waals surface area contributed by atoms with Crippen LogP contribution in [0.3, 0.4) is 0 Å². The van der Waals surface area contributed by atoms with Crippen molar-refractivity contribution in [3.8, 4) is 0 Å². The molecule has 0 saturated heterocycles. The van der Waals surface area contributed by atoms with E-state index in [2.05, 4.69) is 4.98 Å². The quantitative estimate of drug-likeness (QED) is 0.752. The maximum Gasteiger partial charge on any atom is 0.354 e. The van der Waals surface area contributed by atoms with Crippen LogP contribution in [0.4, 0.5) is 0 Å². The minimum absolute atomic E-state index is 0.0564. The Bertz CT molecular complexity index is 856. The monoisotopic (exact) mass is 351 g/mol. The first-order valence-electron chi connectivity index (χ1n) is 6.63. The Hall–Kier alpha value is -2.78. The number of aryl methyl sites for hydroxylation is 1. The molecule has 9 heteroatoms. The average molecular weight is 351 g/mol. The maximum atomic E-state index is 12.1. The van der Waals surface area contributed by atoms with Gasteiger partial charge in [0.15, 0.2) is 0 Å². The fourth-order valence-corrected chi connectivity index (χ4v) is 2.70. The summed E-state index contributed by atoms with van der Waals surface area (Å²) in [6.45, 7) is 1.29. The summed E-state index contributed by atoms with van der Waals surface area (Å²) in [5, 5.41) is 17.9. The van der Waals surface area contributed by atoms with Crippen LogP contribution in [0.25, 0.3) is 0 Å². The van der Waals surface area contributed by atoms with Crippen molar-refractivity contribution in [2.24, 2.45) is 0 Å². The van der Waals surface area contributed by atoms with E-state index in [1.54, 1.807) is 19.1 Å². The van der Waals surface area contributed by atoms with Gasteiger partial charge in [0.05, 0.1) is 11.5 Å². The molecule has 0 spiro atoms. The first-order valence-corrected chi connectivity index (χ1v) is 8.03. The van der Waals surface area contributed by atoms with Crippen LogP contribution in [0.15, 0.2) is 41.3 Å². The van der Waals surface area contributed by atoms with Crippen LogP contribution >= 0.6 is 0 Å². The fourth-order valence-electron chi connectivity index (χ4n) is 1.81. The van der Waals surface area contributed by atoms with Crippen molar-refractivity contribution in [3.63, 3.8) is 0 Å². The summed E-state index contributed by atoms with van der Waals surface area (Å²) in [6.07, 6.45) is 0. The molecule has 126 valence electrons. The summed E-state index contributed by atoms with van der Waals surface area (Å²) in [5.74, 6) is -2.86. The predicted molar refractivity (Wildman–Crippen MR) is 81.3 cm³/mol. The van der Waals surface area contributed by atoms with E-state index >= 15 is 0 Å². The summed E-state index contributed by atoms with van der Waals surface area (Å²) >= 11 is 0. The van der Waals surface area contributed by atoms with E-state index in [4.69, 9.17) is 14.4 Å². The first-order chi connectivity index (χ1) is 11.2. The van der Waals surface area contributed by atoms with Crippen molar-refractivity contribution >= 4 is 22.1 Å². The Morgan fingerprint density at radius 3 is 2.00 bits per heavy atom. The number of rotatable bonds is 6. The van der Waals surface area contributed by atoms with Gasteiger partial charge in [0.25, 0.3) is 10.1 Å². The smallest absolute Gasteiger partial charge is 0.354 e. The van der Waals surface area contributed by atoms with Gasteiger partial charge in [0.1, 0.15) is 11.4 Å². The molecule has 8 nitrogen and oxygen atoms in total. The molecule has 0 atom stereocenters. The number of hydrogen-bond acceptors (Lipinski definition) is 6. The summed E-state index contributed by atoms with van der Waals surface area (Å²) in [4.78, 5) is 25.3. The second-order valence-corrected chi connectivity index (χ2v) is 6.50. The average Bonchev–Trinajstić information content (AvgIpc) is 2.53. The number of nitrogens with zero attached hydrogens (tertiary/aromatic N) is 1. The largest absolute Gasteiger partial charge is 0.477 e. The van der Waals surface area contributed by atoms with E-state index in [1.165, 1.54) is 12.1 Å². The minimum atomic E-state index is -4.06. The van der Waals surface area contributed by atoms with E-state index in [0.717, 1.165) is 17.7 Å². The van der Waals surface area contributed by atoms with E-state index in [-0.39, 0.29) is 10.5 Å². The normalized spacial score (nSPS) is 11.2. The number of benzene rings is 1. The van der Waals surface area contributed by atoms with Crippen molar-refractivity contribution < 1.29 is 32.4 Å². The fraction of sp³-hybridized carbons (Fsp3) is 0.133. The van der Waals surface area contributed by atoms with Gasteiger partial charge in [0.2, 0.25) is 0 Å². The van der Waals surface area contributed by atoms with Gasteiger partial charge in [-0.05, 0) is 36.8 Å². The Morgan fingerprint density at radius 1 is 1.04 bits per heavy atom. The summed E-state index contributed by atoms with van der Waals surface area (Å²) in [7, 11) is -4.06. The number of carboxylic acids is 2. The molecule has 0 saturated carbocycles. The molecule has 0 aliphatic carbocycles. The van der Waals surface area contributed by atoms with Crippen LogP contribution in [-0.4, -0.2) is 35.6 Å². The third kappa shape index (κ3) is 4.15. The number of hydrogen-bond donors (Lipinski definition) is 2. The van der Waals surface area contributed by atoms with Gasteiger partial charge in [-0.15, -0.1) is 0 Å². The molecule has 2 aromatic rings. The zero-order valence-corrected chi connectivity index (χ0v) is 13.3. The third-order valence-corrected chi connectivity index (χ3v) is 4.29. The Labute approximate surface area is 137 Å². The zero-order valence-electron chi connectivity index (χ0n) is 12.5. The molecular formula is C15H13NO7S. The molecule has 0 radical (unpaired) electrons. The van der Waals surface area contributed by atoms with Gasteiger partial charge in [-0.25, -0.2) is 14.6 Å². The second-order valence-electron chi connectivity index (χ2n) is 4.89. The summed E-state index contributed by atoms with van der Waals surface area (Å²) in [5.41, 5.74) is -0.0850. The molecule has 0 aliphatic heterocycles. The molecule has 0 bridgehead atoms. The van der Waals surface area contributed by atoms with Crippen LogP contribution in [0.5, 0.6) is 0 Å². The molecule has 0 amide bonds. The van der Waals surface area contributed by atoms with Gasteiger partial charge < -0.3 is 10.2 Å². The highest BCUT2D eigenvalue weighted by Gasteiger charge is 2.18. The lowest BCUT2D eigenvalue weighted by Crippen LogP contribution is -2.11. The lowest BCUT2D eigenvalue weighted by Gasteiger charge is -2.07. The lowest BCUT2D eigenvalue weighted by atomic mass is 10.2. The highest BCUT2D eigenvalue weighted by molar-refractivity contribution is 7.86. The highest BCUT2D eigenvalue weighted by atomic mass is 32.2. The number of carboxylic acid groups (broad SMARTS) is 2. The first kappa shape index (κ1) is 17.6. The van der Waals surface area contributed by atoms with Crippen molar-refractivity contribution in [2.75, 3.05) is 0 Å². The number of aromatic carboxylic acids is 2. The van der Waals surface area contributed by atoms with Gasteiger partial charge in [-0.3, -0.25) is 4.18 Å². The van der Waals surface area contributed by atoms with Crippen LogP contribution < -0.4 is 0 Å². The zero-order chi connectivity index (χ0) is 17.9. The van der Waals surface area contributed by atoms with Crippen molar-refractivity contribution in [2.45, 2.75) is 18.4 Å². The number of aromatic nitrogens is 1. The molecular weight excluding hydrogens is 338 g/mol. The molecule has 24 heavy (non-hydrogen) atoms. The minimum Gasteiger partial charge on any atom is -0.477 e. The SMILES string of the molecule is Cc1ccc(S(=O)(=O)OCc2cc(C(=O)O)nc(C(=O)O)c2)cc1.